The Labute approximate surface area is 160 Å². The van der Waals surface area contributed by atoms with Crippen molar-refractivity contribution in [3.05, 3.63) is 96.1 Å². The summed E-state index contributed by atoms with van der Waals surface area (Å²) < 4.78 is 5.15. The second-order valence-electron chi connectivity index (χ2n) is 6.39. The summed E-state index contributed by atoms with van der Waals surface area (Å²) in [5.74, 6) is 0.731. The third-order valence-electron chi connectivity index (χ3n) is 4.24. The zero-order chi connectivity index (χ0) is 18.9. The highest BCUT2D eigenvalue weighted by Crippen LogP contribution is 2.15. The Bertz CT molecular complexity index is 792. The minimum atomic E-state index is -0.0352. The van der Waals surface area contributed by atoms with E-state index >= 15 is 0 Å². The highest BCUT2D eigenvalue weighted by Gasteiger charge is 2.12. The Kier molecular flexibility index (Phi) is 6.61. The monoisotopic (exact) mass is 360 g/mol. The first kappa shape index (κ1) is 18.7. The number of benzene rings is 3. The van der Waals surface area contributed by atoms with Gasteiger partial charge in [-0.15, -0.1) is 0 Å². The fourth-order valence-corrected chi connectivity index (χ4v) is 2.93. The quantitative estimate of drug-likeness (QED) is 0.650. The van der Waals surface area contributed by atoms with E-state index in [1.807, 2.05) is 60.7 Å². The third kappa shape index (κ3) is 5.97. The predicted octanol–water partition coefficient (Wildman–Crippen LogP) is 4.34. The van der Waals surface area contributed by atoms with Crippen molar-refractivity contribution in [2.45, 2.75) is 13.1 Å². The fourth-order valence-electron chi connectivity index (χ4n) is 2.93. The van der Waals surface area contributed by atoms with E-state index in [2.05, 4.69) is 34.5 Å². The van der Waals surface area contributed by atoms with E-state index < -0.39 is 0 Å². The molecule has 0 spiro atoms. The summed E-state index contributed by atoms with van der Waals surface area (Å²) in [6.45, 7) is 1.74. The molecule has 0 saturated heterocycles. The summed E-state index contributed by atoms with van der Waals surface area (Å²) in [5.41, 5.74) is 3.14. The number of carbonyl (C=O) groups excluding carboxylic acids is 1. The second kappa shape index (κ2) is 9.55. The van der Waals surface area contributed by atoms with Crippen molar-refractivity contribution in [2.75, 3.05) is 19.0 Å². The first-order chi connectivity index (χ1) is 13.2. The van der Waals surface area contributed by atoms with Crippen LogP contribution < -0.4 is 10.1 Å². The number of hydrogen-bond acceptors (Lipinski definition) is 3. The molecule has 3 aromatic rings. The van der Waals surface area contributed by atoms with E-state index in [9.17, 15) is 4.79 Å². The first-order valence-electron chi connectivity index (χ1n) is 8.97. The molecule has 1 N–H and O–H groups in total. The van der Waals surface area contributed by atoms with Crippen molar-refractivity contribution in [3.63, 3.8) is 0 Å². The highest BCUT2D eigenvalue weighted by molar-refractivity contribution is 5.92. The van der Waals surface area contributed by atoms with Gasteiger partial charge in [0.25, 0.3) is 0 Å². The lowest BCUT2D eigenvalue weighted by Crippen LogP contribution is -2.32. The van der Waals surface area contributed by atoms with Crippen LogP contribution in [0.25, 0.3) is 0 Å². The van der Waals surface area contributed by atoms with Gasteiger partial charge in [0, 0.05) is 18.8 Å². The van der Waals surface area contributed by atoms with Crippen molar-refractivity contribution in [1.29, 1.82) is 0 Å². The van der Waals surface area contributed by atoms with Crippen LogP contribution in [0.4, 0.5) is 5.69 Å². The SMILES string of the molecule is COc1ccc(NC(=O)CN(Cc2ccccc2)Cc2ccccc2)cc1. The van der Waals surface area contributed by atoms with Crippen molar-refractivity contribution in [2.24, 2.45) is 0 Å². The van der Waals surface area contributed by atoms with Crippen LogP contribution in [0.1, 0.15) is 11.1 Å². The molecule has 0 fully saturated rings. The highest BCUT2D eigenvalue weighted by atomic mass is 16.5. The minimum absolute atomic E-state index is 0.0352. The van der Waals surface area contributed by atoms with Gasteiger partial charge in [-0.05, 0) is 35.4 Å². The lowest BCUT2D eigenvalue weighted by Gasteiger charge is -2.22. The Morgan fingerprint density at radius 1 is 0.815 bits per heavy atom. The van der Waals surface area contributed by atoms with Crippen LogP contribution in [0.2, 0.25) is 0 Å². The van der Waals surface area contributed by atoms with Crippen LogP contribution in [0.15, 0.2) is 84.9 Å². The fraction of sp³-hybridized carbons (Fsp3) is 0.174. The second-order valence-corrected chi connectivity index (χ2v) is 6.39. The van der Waals surface area contributed by atoms with Crippen LogP contribution in [0.5, 0.6) is 5.75 Å². The molecule has 0 aliphatic heterocycles. The van der Waals surface area contributed by atoms with Crippen molar-refractivity contribution >= 4 is 11.6 Å². The van der Waals surface area contributed by atoms with Gasteiger partial charge < -0.3 is 10.1 Å². The number of nitrogens with zero attached hydrogens (tertiary/aromatic N) is 1. The van der Waals surface area contributed by atoms with E-state index in [1.54, 1.807) is 7.11 Å². The topological polar surface area (TPSA) is 41.6 Å². The van der Waals surface area contributed by atoms with E-state index in [-0.39, 0.29) is 5.91 Å². The van der Waals surface area contributed by atoms with Crippen LogP contribution in [-0.2, 0) is 17.9 Å². The van der Waals surface area contributed by atoms with Crippen LogP contribution >= 0.6 is 0 Å². The molecular formula is C23H24N2O2. The first-order valence-corrected chi connectivity index (χ1v) is 8.97. The van der Waals surface area contributed by atoms with E-state index in [0.717, 1.165) is 11.4 Å². The number of ether oxygens (including phenoxy) is 1. The smallest absolute Gasteiger partial charge is 0.238 e. The lowest BCUT2D eigenvalue weighted by molar-refractivity contribution is -0.117. The average molecular weight is 360 g/mol. The summed E-state index contributed by atoms with van der Waals surface area (Å²) in [6.07, 6.45) is 0. The van der Waals surface area contributed by atoms with Crippen molar-refractivity contribution in [3.8, 4) is 5.75 Å². The van der Waals surface area contributed by atoms with Crippen molar-refractivity contribution in [1.82, 2.24) is 4.90 Å². The molecule has 0 heterocycles. The Morgan fingerprint density at radius 2 is 1.33 bits per heavy atom. The average Bonchev–Trinajstić information content (AvgIpc) is 2.70. The summed E-state index contributed by atoms with van der Waals surface area (Å²) in [5, 5.41) is 2.96. The number of methoxy groups -OCH3 is 1. The molecule has 0 atom stereocenters. The molecule has 138 valence electrons. The summed E-state index contributed by atoms with van der Waals surface area (Å²) in [7, 11) is 1.62. The van der Waals surface area contributed by atoms with Gasteiger partial charge >= 0.3 is 0 Å². The minimum Gasteiger partial charge on any atom is -0.497 e. The maximum absolute atomic E-state index is 12.6. The molecule has 27 heavy (non-hydrogen) atoms. The summed E-state index contributed by atoms with van der Waals surface area (Å²) >= 11 is 0. The van der Waals surface area contributed by atoms with Gasteiger partial charge in [-0.3, -0.25) is 9.69 Å². The molecule has 0 aliphatic rings. The Morgan fingerprint density at radius 3 is 1.81 bits per heavy atom. The lowest BCUT2D eigenvalue weighted by atomic mass is 10.1. The Hall–Kier alpha value is -3.11. The molecule has 0 bridgehead atoms. The molecule has 4 heteroatoms. The van der Waals surface area contributed by atoms with Gasteiger partial charge in [-0.1, -0.05) is 60.7 Å². The largest absolute Gasteiger partial charge is 0.497 e. The van der Waals surface area contributed by atoms with Gasteiger partial charge in [-0.25, -0.2) is 0 Å². The molecule has 1 amide bonds. The third-order valence-corrected chi connectivity index (χ3v) is 4.24. The molecule has 0 unspecified atom stereocenters. The summed E-state index contributed by atoms with van der Waals surface area (Å²) in [6, 6.07) is 27.8. The maximum Gasteiger partial charge on any atom is 0.238 e. The van der Waals surface area contributed by atoms with Gasteiger partial charge in [0.1, 0.15) is 5.75 Å². The zero-order valence-corrected chi connectivity index (χ0v) is 15.5. The summed E-state index contributed by atoms with van der Waals surface area (Å²) in [4.78, 5) is 14.7. The van der Waals surface area contributed by atoms with Gasteiger partial charge in [-0.2, -0.15) is 0 Å². The maximum atomic E-state index is 12.6. The molecule has 3 aromatic carbocycles. The zero-order valence-electron chi connectivity index (χ0n) is 15.5. The standard InChI is InChI=1S/C23H24N2O2/c1-27-22-14-12-21(13-15-22)24-23(26)18-25(16-19-8-4-2-5-9-19)17-20-10-6-3-7-11-20/h2-15H,16-18H2,1H3,(H,24,26). The molecule has 0 aromatic heterocycles. The number of amides is 1. The number of carbonyl (C=O) groups is 1. The molecule has 4 nitrogen and oxygen atoms in total. The van der Waals surface area contributed by atoms with E-state index in [0.29, 0.717) is 19.6 Å². The van der Waals surface area contributed by atoms with Crippen molar-refractivity contribution < 1.29 is 9.53 Å². The normalized spacial score (nSPS) is 10.6. The van der Waals surface area contributed by atoms with Crippen LogP contribution in [0.3, 0.4) is 0 Å². The Balaban J connectivity index is 1.66. The molecule has 0 radical (unpaired) electrons. The number of rotatable bonds is 8. The van der Waals surface area contributed by atoms with Crippen LogP contribution in [0, 0.1) is 0 Å². The number of nitrogens with one attached hydrogen (secondary N) is 1. The van der Waals surface area contributed by atoms with Gasteiger partial charge in [0.15, 0.2) is 0 Å². The number of anilines is 1. The predicted molar refractivity (Wildman–Crippen MR) is 109 cm³/mol. The van der Waals surface area contributed by atoms with Crippen LogP contribution in [-0.4, -0.2) is 24.5 Å². The van der Waals surface area contributed by atoms with E-state index in [1.165, 1.54) is 11.1 Å². The molecule has 0 aliphatic carbocycles. The molecule has 0 saturated carbocycles. The van der Waals surface area contributed by atoms with Gasteiger partial charge in [0.2, 0.25) is 5.91 Å². The molecule has 3 rings (SSSR count). The van der Waals surface area contributed by atoms with Gasteiger partial charge in [0.05, 0.1) is 13.7 Å². The number of hydrogen-bond donors (Lipinski definition) is 1. The molecular weight excluding hydrogens is 336 g/mol. The van der Waals surface area contributed by atoms with E-state index in [4.69, 9.17) is 4.74 Å².